The van der Waals surface area contributed by atoms with Crippen LogP contribution in [0.1, 0.15) is 27.9 Å². The van der Waals surface area contributed by atoms with Crippen LogP contribution in [0.2, 0.25) is 0 Å². The average molecular weight is 604 g/mol. The highest BCUT2D eigenvalue weighted by atomic mass is 127. The van der Waals surface area contributed by atoms with Gasteiger partial charge < -0.3 is 21.5 Å². The molecule has 0 bridgehead atoms. The summed E-state index contributed by atoms with van der Waals surface area (Å²) in [6.45, 7) is 6.41. The van der Waals surface area contributed by atoms with E-state index in [9.17, 15) is 4.79 Å². The molecular weight excluding hydrogens is 579 g/mol. The number of pyridine rings is 1. The molecule has 2 aromatic heterocycles. The lowest BCUT2D eigenvalue weighted by Crippen LogP contribution is -2.20. The van der Waals surface area contributed by atoms with E-state index < -0.39 is 5.91 Å². The molecular formula is C28H25IN6O2. The van der Waals surface area contributed by atoms with Gasteiger partial charge in [-0.15, -0.1) is 20.7 Å². The zero-order valence-electron chi connectivity index (χ0n) is 20.2. The Bertz CT molecular complexity index is 1540. The predicted octanol–water partition coefficient (Wildman–Crippen LogP) is 4.00. The number of rotatable bonds is 6. The minimum Gasteiger partial charge on any atom is -0.459 e. The number of ether oxygens (including phenoxy) is 1. The Labute approximate surface area is 224 Å². The number of benzene rings is 1. The maximum atomic E-state index is 12.5. The SMILES string of the molecule is C=C1C=C(c2ccnc(OCc3cccnc3)n2)C=C(c2c(C)ccc3c2C=ICN3)C(N)=C1C(N)=O. The molecule has 0 saturated carbocycles. The lowest BCUT2D eigenvalue weighted by molar-refractivity contribution is -0.114. The number of amides is 1. The summed E-state index contributed by atoms with van der Waals surface area (Å²) in [6, 6.07) is 9.89. The van der Waals surface area contributed by atoms with Gasteiger partial charge in [0.15, 0.2) is 0 Å². The number of nitrogens with one attached hydrogen (secondary N) is 1. The summed E-state index contributed by atoms with van der Waals surface area (Å²) in [5.41, 5.74) is 20.4. The molecule has 3 aromatic rings. The van der Waals surface area contributed by atoms with Crippen molar-refractivity contribution in [3.05, 3.63) is 112 Å². The minimum atomic E-state index is -0.633. The topological polar surface area (TPSA) is 129 Å². The Balaban J connectivity index is 1.61. The standard InChI is InChI=1S/C28H25IN6O2/c1-16-5-6-23-21(12-29-15-34-23)24(16)20-11-19(10-17(2)25(26(20)30)27(31)36)22-7-9-33-28(35-22)37-14-18-4-3-8-32-13-18/h3-13,34H,2,14-15,30H2,1H3,(H2,31,36). The Morgan fingerprint density at radius 3 is 2.86 bits per heavy atom. The fourth-order valence-corrected chi connectivity index (χ4v) is 6.21. The number of nitrogens with zero attached hydrogens (tertiary/aromatic N) is 3. The van der Waals surface area contributed by atoms with Crippen LogP contribution in [-0.4, -0.2) is 29.4 Å². The number of aromatic nitrogens is 3. The fraction of sp³-hybridized carbons (Fsp3) is 0.107. The third kappa shape index (κ3) is 5.08. The molecule has 1 aliphatic heterocycles. The summed E-state index contributed by atoms with van der Waals surface area (Å²) in [6.07, 6.45) is 8.77. The van der Waals surface area contributed by atoms with Gasteiger partial charge in [-0.2, -0.15) is 4.98 Å². The Morgan fingerprint density at radius 2 is 2.08 bits per heavy atom. The largest absolute Gasteiger partial charge is 0.459 e. The minimum absolute atomic E-state index is 0.151. The third-order valence-corrected chi connectivity index (χ3v) is 7.91. The first-order valence-corrected chi connectivity index (χ1v) is 14.3. The zero-order valence-corrected chi connectivity index (χ0v) is 22.3. The van der Waals surface area contributed by atoms with Crippen LogP contribution in [0.25, 0.3) is 11.1 Å². The zero-order chi connectivity index (χ0) is 25.9. The van der Waals surface area contributed by atoms with Crippen molar-refractivity contribution < 1.29 is 9.53 Å². The molecule has 0 saturated heterocycles. The van der Waals surface area contributed by atoms with Crippen LogP contribution < -0.4 is 21.5 Å². The van der Waals surface area contributed by atoms with Crippen molar-refractivity contribution in [2.24, 2.45) is 11.5 Å². The molecule has 37 heavy (non-hydrogen) atoms. The molecule has 1 aliphatic carbocycles. The van der Waals surface area contributed by atoms with E-state index in [0.717, 1.165) is 32.5 Å². The number of allylic oxidation sites excluding steroid dienone is 4. The second kappa shape index (κ2) is 10.5. The first-order valence-electron chi connectivity index (χ1n) is 11.5. The number of aryl methyl sites for hydroxylation is 1. The first kappa shape index (κ1) is 24.6. The monoisotopic (exact) mass is 604 g/mol. The van der Waals surface area contributed by atoms with E-state index in [1.807, 2.05) is 25.1 Å². The second-order valence-corrected chi connectivity index (χ2v) is 10.8. The van der Waals surface area contributed by atoms with Gasteiger partial charge in [0, 0.05) is 46.6 Å². The average Bonchev–Trinajstić information content (AvgIpc) is 3.03. The van der Waals surface area contributed by atoms with E-state index in [1.165, 1.54) is 0 Å². The molecule has 2 aliphatic rings. The summed E-state index contributed by atoms with van der Waals surface area (Å²) in [5, 5.41) is 3.49. The summed E-state index contributed by atoms with van der Waals surface area (Å²) >= 11 is -0.151. The molecule has 0 atom stereocenters. The van der Waals surface area contributed by atoms with Gasteiger partial charge in [0.25, 0.3) is 5.91 Å². The number of alkyl halides is 1. The van der Waals surface area contributed by atoms with Gasteiger partial charge in [-0.1, -0.05) is 18.7 Å². The van der Waals surface area contributed by atoms with Crippen molar-refractivity contribution in [3.8, 4) is 6.01 Å². The van der Waals surface area contributed by atoms with Gasteiger partial charge in [0.2, 0.25) is 0 Å². The Kier molecular flexibility index (Phi) is 6.95. The summed E-state index contributed by atoms with van der Waals surface area (Å²) in [7, 11) is 0. The maximum absolute atomic E-state index is 12.5. The van der Waals surface area contributed by atoms with E-state index in [1.54, 1.807) is 30.7 Å². The van der Waals surface area contributed by atoms with Crippen LogP contribution in [0.4, 0.5) is 5.69 Å². The number of carbonyl (C=O) groups is 1. The second-order valence-electron chi connectivity index (χ2n) is 8.50. The van der Waals surface area contributed by atoms with Gasteiger partial charge >= 0.3 is 6.01 Å². The molecule has 3 heterocycles. The number of anilines is 1. The van der Waals surface area contributed by atoms with Crippen molar-refractivity contribution in [1.82, 2.24) is 15.0 Å². The predicted molar refractivity (Wildman–Crippen MR) is 155 cm³/mol. The number of fused-ring (bicyclic) bond motifs is 1. The van der Waals surface area contributed by atoms with E-state index in [2.05, 4.69) is 43.0 Å². The first-order chi connectivity index (χ1) is 17.9. The molecule has 0 radical (unpaired) electrons. The van der Waals surface area contributed by atoms with E-state index >= 15 is 0 Å². The molecule has 5 rings (SSSR count). The van der Waals surface area contributed by atoms with Crippen molar-refractivity contribution in [3.63, 3.8) is 0 Å². The summed E-state index contributed by atoms with van der Waals surface area (Å²) in [4.78, 5) is 25.5. The van der Waals surface area contributed by atoms with Crippen molar-refractivity contribution in [1.29, 1.82) is 0 Å². The number of nitrogens with two attached hydrogens (primary N) is 2. The number of hydrogen-bond donors (Lipinski definition) is 3. The highest BCUT2D eigenvalue weighted by molar-refractivity contribution is 14.2. The van der Waals surface area contributed by atoms with Crippen LogP contribution in [0.5, 0.6) is 6.01 Å². The molecule has 1 aromatic carbocycles. The van der Waals surface area contributed by atoms with E-state index in [4.69, 9.17) is 16.2 Å². The highest BCUT2D eigenvalue weighted by Crippen LogP contribution is 2.39. The number of halogens is 1. The van der Waals surface area contributed by atoms with Gasteiger partial charge in [0.05, 0.1) is 21.5 Å². The molecule has 0 fully saturated rings. The molecule has 8 nitrogen and oxygen atoms in total. The normalized spacial score (nSPS) is 15.0. The fourth-order valence-electron chi connectivity index (χ4n) is 4.27. The summed E-state index contributed by atoms with van der Waals surface area (Å²) < 4.78 is 9.08. The molecule has 1 amide bonds. The van der Waals surface area contributed by atoms with Gasteiger partial charge in [-0.05, 0) is 58.0 Å². The van der Waals surface area contributed by atoms with Crippen LogP contribution in [0, 0.1) is 6.92 Å². The molecule has 9 heteroatoms. The third-order valence-electron chi connectivity index (χ3n) is 6.02. The number of hydrogen-bond acceptors (Lipinski definition) is 7. The van der Waals surface area contributed by atoms with E-state index in [-0.39, 0.29) is 38.9 Å². The molecule has 0 unspecified atom stereocenters. The number of carbonyl (C=O) groups excluding carboxylic acids is 1. The van der Waals surface area contributed by atoms with Crippen LogP contribution >= 0.6 is 20.7 Å². The summed E-state index contributed by atoms with van der Waals surface area (Å²) in [5.74, 6) is -0.633. The number of primary amides is 1. The van der Waals surface area contributed by atoms with Crippen molar-refractivity contribution in [2.45, 2.75) is 13.5 Å². The maximum Gasteiger partial charge on any atom is 0.317 e. The van der Waals surface area contributed by atoms with Crippen LogP contribution in [0.15, 0.2) is 84.5 Å². The van der Waals surface area contributed by atoms with Gasteiger partial charge in [0.1, 0.15) is 6.61 Å². The Morgan fingerprint density at radius 1 is 1.22 bits per heavy atom. The van der Waals surface area contributed by atoms with Crippen molar-refractivity contribution >= 4 is 47.5 Å². The van der Waals surface area contributed by atoms with Crippen LogP contribution in [0.3, 0.4) is 0 Å². The molecule has 5 N–H and O–H groups in total. The Hall–Kier alpha value is -4.12. The van der Waals surface area contributed by atoms with Crippen LogP contribution in [-0.2, 0) is 11.4 Å². The smallest absolute Gasteiger partial charge is 0.317 e. The lowest BCUT2D eigenvalue weighted by Gasteiger charge is -2.21. The lowest BCUT2D eigenvalue weighted by atomic mass is 9.90. The molecule has 0 spiro atoms. The van der Waals surface area contributed by atoms with E-state index in [0.29, 0.717) is 28.1 Å². The quantitative estimate of drug-likeness (QED) is 0.221. The highest BCUT2D eigenvalue weighted by Gasteiger charge is 2.25. The molecule has 186 valence electrons. The van der Waals surface area contributed by atoms with Gasteiger partial charge in [-0.25, -0.2) is 4.98 Å². The van der Waals surface area contributed by atoms with Crippen molar-refractivity contribution in [2.75, 3.05) is 9.87 Å². The van der Waals surface area contributed by atoms with Gasteiger partial charge in [-0.3, -0.25) is 9.78 Å².